The first-order chi connectivity index (χ1) is 8.68. The van der Waals surface area contributed by atoms with Crippen LogP contribution in [0.15, 0.2) is 35.3 Å². The second-order valence-corrected chi connectivity index (χ2v) is 4.46. The maximum atomic E-state index is 11.7. The van der Waals surface area contributed by atoms with Gasteiger partial charge in [-0.1, -0.05) is 11.6 Å². The molecule has 0 amide bonds. The standard InChI is InChI=1S/C11H7ClN4OS/c12-7-3-4-8(9-6(7)2-1-5-13-9)16-10(17)14-15-11(16)18/h1-5H,(H,14,17)(H,15,18). The molecule has 2 heterocycles. The van der Waals surface area contributed by atoms with Crippen LogP contribution < -0.4 is 5.69 Å². The van der Waals surface area contributed by atoms with E-state index in [0.29, 0.717) is 16.2 Å². The van der Waals surface area contributed by atoms with Crippen molar-refractivity contribution in [1.29, 1.82) is 0 Å². The Morgan fingerprint density at radius 1 is 1.28 bits per heavy atom. The van der Waals surface area contributed by atoms with Crippen molar-refractivity contribution in [2.24, 2.45) is 0 Å². The van der Waals surface area contributed by atoms with Crippen LogP contribution in [0.5, 0.6) is 0 Å². The van der Waals surface area contributed by atoms with Gasteiger partial charge in [-0.25, -0.2) is 14.5 Å². The molecule has 3 aromatic rings. The summed E-state index contributed by atoms with van der Waals surface area (Å²) in [7, 11) is 0. The molecule has 0 bridgehead atoms. The molecule has 18 heavy (non-hydrogen) atoms. The Bertz CT molecular complexity index is 820. The van der Waals surface area contributed by atoms with Crippen molar-refractivity contribution >= 4 is 34.7 Å². The highest BCUT2D eigenvalue weighted by molar-refractivity contribution is 7.71. The summed E-state index contributed by atoms with van der Waals surface area (Å²) >= 11 is 11.2. The summed E-state index contributed by atoms with van der Waals surface area (Å²) < 4.78 is 1.63. The maximum absolute atomic E-state index is 11.7. The summed E-state index contributed by atoms with van der Waals surface area (Å²) in [6.07, 6.45) is 1.65. The average molecular weight is 279 g/mol. The zero-order valence-electron chi connectivity index (χ0n) is 8.98. The molecule has 2 aromatic heterocycles. The third kappa shape index (κ3) is 1.58. The number of aromatic amines is 2. The van der Waals surface area contributed by atoms with Gasteiger partial charge in [-0.3, -0.25) is 10.1 Å². The predicted octanol–water partition coefficient (Wildman–Crippen LogP) is 2.42. The smallest absolute Gasteiger partial charge is 0.272 e. The van der Waals surface area contributed by atoms with Crippen LogP contribution in [-0.4, -0.2) is 19.7 Å². The fourth-order valence-corrected chi connectivity index (χ4v) is 2.28. The maximum Gasteiger partial charge on any atom is 0.347 e. The molecule has 0 spiro atoms. The molecule has 3 rings (SSSR count). The fraction of sp³-hybridized carbons (Fsp3) is 0. The Morgan fingerprint density at radius 2 is 2.11 bits per heavy atom. The molecule has 0 unspecified atom stereocenters. The number of halogens is 1. The zero-order valence-corrected chi connectivity index (χ0v) is 10.5. The van der Waals surface area contributed by atoms with Gasteiger partial charge in [-0.15, -0.1) is 0 Å². The van der Waals surface area contributed by atoms with E-state index >= 15 is 0 Å². The molecule has 0 aliphatic carbocycles. The second kappa shape index (κ2) is 4.08. The minimum Gasteiger partial charge on any atom is -0.272 e. The van der Waals surface area contributed by atoms with Crippen LogP contribution in [0.4, 0.5) is 0 Å². The molecule has 1 aromatic carbocycles. The number of pyridine rings is 1. The molecule has 0 aliphatic heterocycles. The number of H-pyrrole nitrogens is 2. The van der Waals surface area contributed by atoms with Crippen LogP contribution in [0.3, 0.4) is 0 Å². The Hall–Kier alpha value is -1.92. The van der Waals surface area contributed by atoms with E-state index in [4.69, 9.17) is 23.8 Å². The van der Waals surface area contributed by atoms with Crippen molar-refractivity contribution in [3.05, 3.63) is 50.7 Å². The van der Waals surface area contributed by atoms with Crippen molar-refractivity contribution in [2.45, 2.75) is 0 Å². The minimum atomic E-state index is -0.339. The van der Waals surface area contributed by atoms with Gasteiger partial charge in [0.15, 0.2) is 0 Å². The van der Waals surface area contributed by atoms with Gasteiger partial charge in [-0.2, -0.15) is 0 Å². The van der Waals surface area contributed by atoms with Gasteiger partial charge >= 0.3 is 5.69 Å². The molecule has 2 N–H and O–H groups in total. The molecule has 0 saturated heterocycles. The number of nitrogens with zero attached hydrogens (tertiary/aromatic N) is 2. The molecule has 7 heteroatoms. The Morgan fingerprint density at radius 3 is 2.83 bits per heavy atom. The summed E-state index contributed by atoms with van der Waals surface area (Å²) in [6, 6.07) is 7.07. The quantitative estimate of drug-likeness (QED) is 0.672. The van der Waals surface area contributed by atoms with E-state index in [0.717, 1.165) is 5.39 Å². The van der Waals surface area contributed by atoms with Crippen LogP contribution in [0, 0.1) is 4.77 Å². The monoisotopic (exact) mass is 278 g/mol. The molecular formula is C11H7ClN4OS. The van der Waals surface area contributed by atoms with E-state index in [2.05, 4.69) is 15.2 Å². The number of benzene rings is 1. The van der Waals surface area contributed by atoms with Crippen LogP contribution >= 0.6 is 23.8 Å². The second-order valence-electron chi connectivity index (χ2n) is 3.66. The Balaban J connectivity index is 2.49. The molecule has 0 atom stereocenters. The van der Waals surface area contributed by atoms with Gasteiger partial charge in [0.25, 0.3) is 0 Å². The molecule has 0 fully saturated rings. The number of hydrogen-bond acceptors (Lipinski definition) is 3. The van der Waals surface area contributed by atoms with E-state index in [1.807, 2.05) is 6.07 Å². The average Bonchev–Trinajstić information content (AvgIpc) is 2.71. The van der Waals surface area contributed by atoms with Gasteiger partial charge < -0.3 is 0 Å². The van der Waals surface area contributed by atoms with Crippen molar-refractivity contribution in [2.75, 3.05) is 0 Å². The highest BCUT2D eigenvalue weighted by Crippen LogP contribution is 2.26. The number of rotatable bonds is 1. The molecule has 0 aliphatic rings. The van der Waals surface area contributed by atoms with Crippen LogP contribution in [0.2, 0.25) is 5.02 Å². The lowest BCUT2D eigenvalue weighted by molar-refractivity contribution is 0.980. The third-order valence-corrected chi connectivity index (χ3v) is 3.23. The first kappa shape index (κ1) is 11.2. The summed E-state index contributed by atoms with van der Waals surface area (Å²) in [6.45, 7) is 0. The SMILES string of the molecule is O=c1[nH][nH]c(=S)n1-c1ccc(Cl)c2cccnc12. The molecule has 90 valence electrons. The highest BCUT2D eigenvalue weighted by Gasteiger charge is 2.10. The molecule has 0 saturated carbocycles. The van der Waals surface area contributed by atoms with E-state index in [9.17, 15) is 4.79 Å². The number of fused-ring (bicyclic) bond motifs is 1. The number of hydrogen-bond donors (Lipinski definition) is 2. The highest BCUT2D eigenvalue weighted by atomic mass is 35.5. The third-order valence-electron chi connectivity index (χ3n) is 2.62. The fourth-order valence-electron chi connectivity index (χ4n) is 1.83. The van der Waals surface area contributed by atoms with Gasteiger partial charge in [-0.05, 0) is 36.5 Å². The van der Waals surface area contributed by atoms with Crippen molar-refractivity contribution in [3.8, 4) is 5.69 Å². The van der Waals surface area contributed by atoms with Gasteiger partial charge in [0, 0.05) is 11.6 Å². The van der Waals surface area contributed by atoms with E-state index in [1.54, 1.807) is 24.4 Å². The summed E-state index contributed by atoms with van der Waals surface area (Å²) in [5.41, 5.74) is 0.892. The lowest BCUT2D eigenvalue weighted by atomic mass is 10.2. The lowest BCUT2D eigenvalue weighted by Crippen LogP contribution is -2.15. The first-order valence-electron chi connectivity index (χ1n) is 5.12. The van der Waals surface area contributed by atoms with E-state index in [1.165, 1.54) is 4.57 Å². The van der Waals surface area contributed by atoms with Gasteiger partial charge in [0.1, 0.15) is 0 Å². The normalized spacial score (nSPS) is 10.9. The van der Waals surface area contributed by atoms with Crippen molar-refractivity contribution in [3.63, 3.8) is 0 Å². The van der Waals surface area contributed by atoms with E-state index in [-0.39, 0.29) is 10.5 Å². The lowest BCUT2D eigenvalue weighted by Gasteiger charge is -2.06. The van der Waals surface area contributed by atoms with Crippen molar-refractivity contribution < 1.29 is 0 Å². The summed E-state index contributed by atoms with van der Waals surface area (Å²) in [5, 5.41) is 6.39. The molecule has 0 radical (unpaired) electrons. The topological polar surface area (TPSA) is 66.5 Å². The van der Waals surface area contributed by atoms with Crippen molar-refractivity contribution in [1.82, 2.24) is 19.7 Å². The van der Waals surface area contributed by atoms with E-state index < -0.39 is 0 Å². The van der Waals surface area contributed by atoms with Crippen LogP contribution in [-0.2, 0) is 0 Å². The van der Waals surface area contributed by atoms with Gasteiger partial charge in [0.2, 0.25) is 4.77 Å². The Labute approximate surface area is 111 Å². The predicted molar refractivity (Wildman–Crippen MR) is 71.9 cm³/mol. The minimum absolute atomic E-state index is 0.286. The van der Waals surface area contributed by atoms with Crippen LogP contribution in [0.25, 0.3) is 16.6 Å². The number of nitrogens with one attached hydrogen (secondary N) is 2. The molecule has 5 nitrogen and oxygen atoms in total. The zero-order chi connectivity index (χ0) is 12.7. The number of aromatic nitrogens is 4. The summed E-state index contributed by atoms with van der Waals surface area (Å²) in [4.78, 5) is 16.0. The summed E-state index contributed by atoms with van der Waals surface area (Å²) in [5.74, 6) is 0. The Kier molecular flexibility index (Phi) is 2.53. The van der Waals surface area contributed by atoms with Gasteiger partial charge in [0.05, 0.1) is 16.2 Å². The van der Waals surface area contributed by atoms with Crippen LogP contribution in [0.1, 0.15) is 0 Å². The largest absolute Gasteiger partial charge is 0.347 e. The molecular weight excluding hydrogens is 272 g/mol. The first-order valence-corrected chi connectivity index (χ1v) is 5.90.